The standard InChI is InChI=1S/C67H114O6/c1-4-7-10-13-16-19-22-25-28-31-33-34-35-37-39-42-45-48-51-54-57-60-66(69)72-63-64(62-71-65(68)59-56-53-50-47-44-41-38-30-27-24-21-18-15-12-9-6-3)73-67(70)61-58-55-52-49-46-43-40-36-32-29-26-23-20-17-14-11-8-5-2/h7,10,16,19,21,24-25,28-30,32-34,37-39,64H,4-6,8-9,11-15,17-18,20,22-23,26-27,31,35-36,40-63H2,1-3H3/b10-7-,19-16-,24-21-,28-25-,32-29-,34-33-,38-30-,39-37-. The first-order chi connectivity index (χ1) is 36.0. The topological polar surface area (TPSA) is 78.9 Å². The summed E-state index contributed by atoms with van der Waals surface area (Å²) in [6, 6.07) is 0. The van der Waals surface area contributed by atoms with Crippen LogP contribution in [0, 0.1) is 0 Å². The van der Waals surface area contributed by atoms with Gasteiger partial charge in [0.2, 0.25) is 0 Å². The SMILES string of the molecule is CC/C=C\C/C=C\C/C=C\C/C=C\C/C=C\CCCCCCCC(=O)OCC(COC(=O)CCCCCCC/C=C\C/C=C\CCCCCC)OC(=O)CCCCCCCCC/C=C\CCCCCCCCC. The first-order valence-corrected chi connectivity index (χ1v) is 30.7. The predicted octanol–water partition coefficient (Wildman–Crippen LogP) is 20.9. The Balaban J connectivity index is 4.45. The molecule has 0 fully saturated rings. The second kappa shape index (κ2) is 60.9. The van der Waals surface area contributed by atoms with Gasteiger partial charge >= 0.3 is 17.9 Å². The van der Waals surface area contributed by atoms with Crippen LogP contribution in [-0.4, -0.2) is 37.2 Å². The summed E-state index contributed by atoms with van der Waals surface area (Å²) in [4.78, 5) is 38.3. The van der Waals surface area contributed by atoms with Gasteiger partial charge in [-0.3, -0.25) is 14.4 Å². The van der Waals surface area contributed by atoms with Gasteiger partial charge < -0.3 is 14.2 Å². The molecule has 0 saturated heterocycles. The molecule has 6 nitrogen and oxygen atoms in total. The Bertz CT molecular complexity index is 1440. The lowest BCUT2D eigenvalue weighted by Gasteiger charge is -2.18. The molecular formula is C67H114O6. The number of rotatable bonds is 55. The maximum atomic E-state index is 12.9. The lowest BCUT2D eigenvalue weighted by atomic mass is 10.1. The molecule has 0 aliphatic rings. The average molecular weight is 1020 g/mol. The van der Waals surface area contributed by atoms with Gasteiger partial charge in [-0.2, -0.15) is 0 Å². The molecule has 1 unspecified atom stereocenters. The number of ether oxygens (including phenoxy) is 3. The van der Waals surface area contributed by atoms with Crippen LogP contribution in [-0.2, 0) is 28.6 Å². The first-order valence-electron chi connectivity index (χ1n) is 30.7. The molecule has 0 N–H and O–H groups in total. The Labute approximate surface area is 451 Å². The third-order valence-electron chi connectivity index (χ3n) is 13.0. The van der Waals surface area contributed by atoms with Gasteiger partial charge in [0.05, 0.1) is 0 Å². The number of carbonyl (C=O) groups is 3. The number of unbranched alkanes of at least 4 members (excludes halogenated alkanes) is 28. The Kier molecular flexibility index (Phi) is 57.8. The van der Waals surface area contributed by atoms with Crippen molar-refractivity contribution in [3.63, 3.8) is 0 Å². The molecule has 0 aromatic rings. The maximum absolute atomic E-state index is 12.9. The highest BCUT2D eigenvalue weighted by molar-refractivity contribution is 5.71. The van der Waals surface area contributed by atoms with Crippen molar-refractivity contribution < 1.29 is 28.6 Å². The number of esters is 3. The highest BCUT2D eigenvalue weighted by Gasteiger charge is 2.19. The van der Waals surface area contributed by atoms with E-state index in [0.29, 0.717) is 19.3 Å². The lowest BCUT2D eigenvalue weighted by molar-refractivity contribution is -0.167. The Morgan fingerprint density at radius 3 is 0.863 bits per heavy atom. The third-order valence-corrected chi connectivity index (χ3v) is 13.0. The summed E-state index contributed by atoms with van der Waals surface area (Å²) >= 11 is 0. The second-order valence-electron chi connectivity index (χ2n) is 20.2. The highest BCUT2D eigenvalue weighted by Crippen LogP contribution is 2.15. The molecule has 0 saturated carbocycles. The minimum absolute atomic E-state index is 0.0928. The molecular weight excluding hydrogens is 901 g/mol. The van der Waals surface area contributed by atoms with E-state index >= 15 is 0 Å². The Morgan fingerprint density at radius 2 is 0.534 bits per heavy atom. The minimum atomic E-state index is -0.796. The van der Waals surface area contributed by atoms with Crippen LogP contribution < -0.4 is 0 Å². The summed E-state index contributed by atoms with van der Waals surface area (Å²) in [7, 11) is 0. The molecule has 0 spiro atoms. The zero-order valence-electron chi connectivity index (χ0n) is 47.9. The summed E-state index contributed by atoms with van der Waals surface area (Å²) < 4.78 is 16.9. The fourth-order valence-electron chi connectivity index (χ4n) is 8.44. The summed E-state index contributed by atoms with van der Waals surface area (Å²) in [6.07, 6.45) is 81.1. The quantitative estimate of drug-likeness (QED) is 0.0261. The zero-order chi connectivity index (χ0) is 52.9. The van der Waals surface area contributed by atoms with Crippen molar-refractivity contribution in [2.24, 2.45) is 0 Å². The van der Waals surface area contributed by atoms with E-state index in [1.54, 1.807) is 0 Å². The van der Waals surface area contributed by atoms with Crippen LogP contribution in [0.1, 0.15) is 290 Å². The van der Waals surface area contributed by atoms with E-state index in [1.807, 2.05) is 0 Å². The Morgan fingerprint density at radius 1 is 0.288 bits per heavy atom. The molecule has 0 heterocycles. The molecule has 1 atom stereocenters. The second-order valence-corrected chi connectivity index (χ2v) is 20.2. The van der Waals surface area contributed by atoms with Gasteiger partial charge in [-0.1, -0.05) is 246 Å². The number of carbonyl (C=O) groups excluding carboxylic acids is 3. The number of hydrogen-bond donors (Lipinski definition) is 0. The van der Waals surface area contributed by atoms with Gasteiger partial charge in [-0.05, 0) is 122 Å². The summed E-state index contributed by atoms with van der Waals surface area (Å²) in [5.74, 6) is -0.921. The molecule has 0 aromatic carbocycles. The van der Waals surface area contributed by atoms with E-state index in [9.17, 15) is 14.4 Å². The minimum Gasteiger partial charge on any atom is -0.462 e. The third kappa shape index (κ3) is 59.1. The van der Waals surface area contributed by atoms with Crippen LogP contribution in [0.4, 0.5) is 0 Å². The van der Waals surface area contributed by atoms with Crippen molar-refractivity contribution in [1.29, 1.82) is 0 Å². The van der Waals surface area contributed by atoms with Gasteiger partial charge in [0.1, 0.15) is 13.2 Å². The molecule has 0 radical (unpaired) electrons. The molecule has 0 aliphatic heterocycles. The van der Waals surface area contributed by atoms with Crippen LogP contribution in [0.5, 0.6) is 0 Å². The van der Waals surface area contributed by atoms with Gasteiger partial charge in [-0.15, -0.1) is 0 Å². The van der Waals surface area contributed by atoms with Crippen LogP contribution in [0.2, 0.25) is 0 Å². The largest absolute Gasteiger partial charge is 0.462 e. The van der Waals surface area contributed by atoms with Gasteiger partial charge in [0.15, 0.2) is 6.10 Å². The molecule has 0 aromatic heterocycles. The molecule has 0 rings (SSSR count). The van der Waals surface area contributed by atoms with Crippen molar-refractivity contribution in [3.8, 4) is 0 Å². The van der Waals surface area contributed by atoms with E-state index in [2.05, 4.69) is 118 Å². The van der Waals surface area contributed by atoms with Gasteiger partial charge in [-0.25, -0.2) is 0 Å². The fourth-order valence-corrected chi connectivity index (χ4v) is 8.44. The normalized spacial score (nSPS) is 12.8. The summed E-state index contributed by atoms with van der Waals surface area (Å²) in [5.41, 5.74) is 0. The van der Waals surface area contributed by atoms with E-state index < -0.39 is 6.10 Å². The van der Waals surface area contributed by atoms with E-state index in [0.717, 1.165) is 135 Å². The Hall–Kier alpha value is -3.67. The molecule has 0 amide bonds. The molecule has 0 aliphatic carbocycles. The highest BCUT2D eigenvalue weighted by atomic mass is 16.6. The molecule has 0 bridgehead atoms. The van der Waals surface area contributed by atoms with Crippen LogP contribution in [0.3, 0.4) is 0 Å². The maximum Gasteiger partial charge on any atom is 0.306 e. The van der Waals surface area contributed by atoms with Crippen LogP contribution in [0.25, 0.3) is 0 Å². The zero-order valence-corrected chi connectivity index (χ0v) is 47.9. The molecule has 6 heteroatoms. The van der Waals surface area contributed by atoms with Gasteiger partial charge in [0.25, 0.3) is 0 Å². The molecule has 418 valence electrons. The van der Waals surface area contributed by atoms with Crippen LogP contribution >= 0.6 is 0 Å². The lowest BCUT2D eigenvalue weighted by Crippen LogP contribution is -2.30. The predicted molar refractivity (Wildman–Crippen MR) is 316 cm³/mol. The van der Waals surface area contributed by atoms with Crippen molar-refractivity contribution in [2.75, 3.05) is 13.2 Å². The van der Waals surface area contributed by atoms with Crippen molar-refractivity contribution in [2.45, 2.75) is 297 Å². The van der Waals surface area contributed by atoms with E-state index in [4.69, 9.17) is 14.2 Å². The molecule has 73 heavy (non-hydrogen) atoms. The number of hydrogen-bond acceptors (Lipinski definition) is 6. The van der Waals surface area contributed by atoms with Gasteiger partial charge in [0, 0.05) is 19.3 Å². The monoisotopic (exact) mass is 1010 g/mol. The van der Waals surface area contributed by atoms with E-state index in [1.165, 1.54) is 116 Å². The first kappa shape index (κ1) is 69.3. The van der Waals surface area contributed by atoms with Crippen molar-refractivity contribution in [3.05, 3.63) is 97.2 Å². The fraction of sp³-hybridized carbons (Fsp3) is 0.716. The average Bonchev–Trinajstić information content (AvgIpc) is 3.39. The van der Waals surface area contributed by atoms with Crippen molar-refractivity contribution >= 4 is 17.9 Å². The van der Waals surface area contributed by atoms with Crippen molar-refractivity contribution in [1.82, 2.24) is 0 Å². The summed E-state index contributed by atoms with van der Waals surface area (Å²) in [5, 5.41) is 0. The smallest absolute Gasteiger partial charge is 0.306 e. The van der Waals surface area contributed by atoms with E-state index in [-0.39, 0.29) is 31.1 Å². The summed E-state index contributed by atoms with van der Waals surface area (Å²) in [6.45, 7) is 6.49. The van der Waals surface area contributed by atoms with Crippen LogP contribution in [0.15, 0.2) is 97.2 Å². The number of allylic oxidation sites excluding steroid dienone is 16.